The van der Waals surface area contributed by atoms with Crippen LogP contribution in [0.4, 0.5) is 8.78 Å². The number of rotatable bonds is 2. The van der Waals surface area contributed by atoms with Gasteiger partial charge in [0.25, 0.3) is 0 Å². The van der Waals surface area contributed by atoms with Gasteiger partial charge in [0.1, 0.15) is 11.5 Å². The van der Waals surface area contributed by atoms with E-state index in [0.717, 1.165) is 6.07 Å². The molecule has 0 saturated heterocycles. The van der Waals surface area contributed by atoms with Crippen molar-refractivity contribution in [2.45, 2.75) is 25.9 Å². The van der Waals surface area contributed by atoms with Crippen LogP contribution in [-0.2, 0) is 6.42 Å². The molecule has 1 aromatic rings. The maximum atomic E-state index is 13.2. The third kappa shape index (κ3) is 3.14. The van der Waals surface area contributed by atoms with Gasteiger partial charge in [-0.2, -0.15) is 5.26 Å². The number of nitrogens with zero attached hydrogens (tertiary/aromatic N) is 1. The number of hydrogen-bond acceptors (Lipinski definition) is 1. The van der Waals surface area contributed by atoms with Crippen molar-refractivity contribution in [3.8, 4) is 6.07 Å². The minimum atomic E-state index is -1.39. The molecular formula is C11H11F2N. The Balaban J connectivity index is 3.00. The highest BCUT2D eigenvalue weighted by molar-refractivity contribution is 5.34. The largest absolute Gasteiger partial charge is 0.244 e. The van der Waals surface area contributed by atoms with E-state index in [9.17, 15) is 8.78 Å². The fourth-order valence-corrected chi connectivity index (χ4v) is 1.30. The molecule has 0 amide bonds. The number of alkyl halides is 1. The van der Waals surface area contributed by atoms with Crippen molar-refractivity contribution in [1.29, 1.82) is 5.26 Å². The number of nitriles is 1. The summed E-state index contributed by atoms with van der Waals surface area (Å²) in [7, 11) is 0. The van der Waals surface area contributed by atoms with E-state index >= 15 is 0 Å². The average Bonchev–Trinajstić information content (AvgIpc) is 1.99. The second-order valence-electron chi connectivity index (χ2n) is 3.86. The quantitative estimate of drug-likeness (QED) is 0.711. The molecule has 0 fully saturated rings. The van der Waals surface area contributed by atoms with Gasteiger partial charge in [-0.25, -0.2) is 8.78 Å². The van der Waals surface area contributed by atoms with Gasteiger partial charge in [0, 0.05) is 6.42 Å². The molecule has 1 rings (SSSR count). The molecule has 0 radical (unpaired) electrons. The number of benzene rings is 1. The predicted molar refractivity (Wildman–Crippen MR) is 50.0 cm³/mol. The second-order valence-corrected chi connectivity index (χ2v) is 3.86. The monoisotopic (exact) mass is 195 g/mol. The third-order valence-corrected chi connectivity index (χ3v) is 1.71. The summed E-state index contributed by atoms with van der Waals surface area (Å²) in [6.45, 7) is 2.84. The van der Waals surface area contributed by atoms with Gasteiger partial charge in [-0.3, -0.25) is 0 Å². The number of halogens is 2. The molecule has 0 bridgehead atoms. The highest BCUT2D eigenvalue weighted by Crippen LogP contribution is 2.18. The molecule has 1 aromatic carbocycles. The van der Waals surface area contributed by atoms with Gasteiger partial charge in [-0.05, 0) is 37.6 Å². The maximum absolute atomic E-state index is 13.2. The van der Waals surface area contributed by atoms with Crippen molar-refractivity contribution in [3.63, 3.8) is 0 Å². The second kappa shape index (κ2) is 3.75. The number of hydrogen-bond donors (Lipinski definition) is 0. The van der Waals surface area contributed by atoms with Crippen molar-refractivity contribution in [3.05, 3.63) is 35.1 Å². The van der Waals surface area contributed by atoms with Crippen molar-refractivity contribution in [2.75, 3.05) is 0 Å². The van der Waals surface area contributed by atoms with E-state index in [1.165, 1.54) is 26.0 Å². The average molecular weight is 195 g/mol. The van der Waals surface area contributed by atoms with E-state index in [1.54, 1.807) is 0 Å². The minimum Gasteiger partial charge on any atom is -0.244 e. The van der Waals surface area contributed by atoms with E-state index in [4.69, 9.17) is 5.26 Å². The highest BCUT2D eigenvalue weighted by atomic mass is 19.1. The molecule has 0 aliphatic heterocycles. The first-order chi connectivity index (χ1) is 6.40. The van der Waals surface area contributed by atoms with E-state index in [2.05, 4.69) is 0 Å². The Hall–Kier alpha value is -1.43. The Kier molecular flexibility index (Phi) is 2.85. The minimum absolute atomic E-state index is 0.111. The highest BCUT2D eigenvalue weighted by Gasteiger charge is 2.16. The Morgan fingerprint density at radius 3 is 2.50 bits per heavy atom. The summed E-state index contributed by atoms with van der Waals surface area (Å²) in [6.07, 6.45) is 0.111. The Labute approximate surface area is 82.0 Å². The van der Waals surface area contributed by atoms with Crippen LogP contribution in [0, 0.1) is 17.1 Å². The van der Waals surface area contributed by atoms with E-state index in [1.807, 2.05) is 6.07 Å². The molecule has 1 nitrogen and oxygen atoms in total. The summed E-state index contributed by atoms with van der Waals surface area (Å²) in [5, 5.41) is 8.57. The van der Waals surface area contributed by atoms with Crippen LogP contribution in [0.3, 0.4) is 0 Å². The molecule has 0 aliphatic carbocycles. The van der Waals surface area contributed by atoms with Gasteiger partial charge in [-0.1, -0.05) is 0 Å². The molecule has 0 saturated carbocycles. The zero-order valence-electron chi connectivity index (χ0n) is 8.14. The van der Waals surface area contributed by atoms with Crippen LogP contribution in [0.15, 0.2) is 18.2 Å². The first-order valence-corrected chi connectivity index (χ1v) is 4.29. The van der Waals surface area contributed by atoms with Gasteiger partial charge in [-0.15, -0.1) is 0 Å². The lowest BCUT2D eigenvalue weighted by atomic mass is 9.99. The first kappa shape index (κ1) is 10.6. The van der Waals surface area contributed by atoms with Crippen molar-refractivity contribution < 1.29 is 8.78 Å². The normalized spacial score (nSPS) is 11.1. The molecule has 0 N–H and O–H groups in total. The molecule has 0 aromatic heterocycles. The summed E-state index contributed by atoms with van der Waals surface area (Å²) in [4.78, 5) is 0. The molecule has 0 atom stereocenters. The maximum Gasteiger partial charge on any atom is 0.124 e. The summed E-state index contributed by atoms with van der Waals surface area (Å²) in [5.41, 5.74) is -0.654. The van der Waals surface area contributed by atoms with Crippen LogP contribution in [0.2, 0.25) is 0 Å². The lowest BCUT2D eigenvalue weighted by Gasteiger charge is -2.13. The van der Waals surface area contributed by atoms with E-state index < -0.39 is 11.5 Å². The zero-order valence-corrected chi connectivity index (χ0v) is 8.14. The zero-order chi connectivity index (χ0) is 10.8. The van der Waals surface area contributed by atoms with Crippen molar-refractivity contribution >= 4 is 0 Å². The van der Waals surface area contributed by atoms with Crippen molar-refractivity contribution in [2.24, 2.45) is 0 Å². The van der Waals surface area contributed by atoms with Crippen LogP contribution in [0.1, 0.15) is 25.0 Å². The van der Waals surface area contributed by atoms with E-state index in [-0.39, 0.29) is 12.0 Å². The summed E-state index contributed by atoms with van der Waals surface area (Å²) in [5.74, 6) is -0.497. The first-order valence-electron chi connectivity index (χ1n) is 4.29. The van der Waals surface area contributed by atoms with Crippen LogP contribution < -0.4 is 0 Å². The summed E-state index contributed by atoms with van der Waals surface area (Å²) >= 11 is 0. The molecule has 0 aliphatic rings. The van der Waals surface area contributed by atoms with Crippen LogP contribution in [-0.4, -0.2) is 5.67 Å². The summed E-state index contributed by atoms with van der Waals surface area (Å²) < 4.78 is 26.2. The van der Waals surface area contributed by atoms with Gasteiger partial charge < -0.3 is 0 Å². The fourth-order valence-electron chi connectivity index (χ4n) is 1.30. The Morgan fingerprint density at radius 1 is 1.36 bits per heavy atom. The third-order valence-electron chi connectivity index (χ3n) is 1.71. The molecule has 0 unspecified atom stereocenters. The van der Waals surface area contributed by atoms with E-state index in [0.29, 0.717) is 5.56 Å². The fraction of sp³-hybridized carbons (Fsp3) is 0.364. The molecule has 14 heavy (non-hydrogen) atoms. The van der Waals surface area contributed by atoms with Crippen LogP contribution >= 0.6 is 0 Å². The van der Waals surface area contributed by atoms with Gasteiger partial charge in [0.05, 0.1) is 11.6 Å². The van der Waals surface area contributed by atoms with Crippen LogP contribution in [0.25, 0.3) is 0 Å². The lowest BCUT2D eigenvalue weighted by Crippen LogP contribution is -2.15. The molecular weight excluding hydrogens is 184 g/mol. The van der Waals surface area contributed by atoms with Gasteiger partial charge in [0.2, 0.25) is 0 Å². The lowest BCUT2D eigenvalue weighted by molar-refractivity contribution is 0.217. The van der Waals surface area contributed by atoms with Gasteiger partial charge >= 0.3 is 0 Å². The molecule has 74 valence electrons. The van der Waals surface area contributed by atoms with Crippen LogP contribution in [0.5, 0.6) is 0 Å². The summed E-state index contributed by atoms with van der Waals surface area (Å²) in [6, 6.07) is 5.72. The standard InChI is InChI=1S/C11H11F2N/c1-11(2,13)6-8-3-9(7-14)5-10(12)4-8/h3-5H,6H2,1-2H3. The molecule has 0 spiro atoms. The Bertz CT molecular complexity index is 372. The Morgan fingerprint density at radius 2 is 2.00 bits per heavy atom. The van der Waals surface area contributed by atoms with Gasteiger partial charge in [0.15, 0.2) is 0 Å². The predicted octanol–water partition coefficient (Wildman–Crippen LogP) is 2.99. The topological polar surface area (TPSA) is 23.8 Å². The molecule has 0 heterocycles. The smallest absolute Gasteiger partial charge is 0.124 e. The van der Waals surface area contributed by atoms with Crippen molar-refractivity contribution in [1.82, 2.24) is 0 Å². The molecule has 3 heteroatoms. The SMILES string of the molecule is CC(C)(F)Cc1cc(F)cc(C#N)c1.